The zero-order valence-corrected chi connectivity index (χ0v) is 17.7. The van der Waals surface area contributed by atoms with E-state index >= 15 is 0 Å². The fourth-order valence-corrected chi connectivity index (χ4v) is 4.43. The monoisotopic (exact) mass is 408 g/mol. The van der Waals surface area contributed by atoms with Crippen molar-refractivity contribution in [2.24, 2.45) is 5.92 Å². The van der Waals surface area contributed by atoms with Gasteiger partial charge in [-0.25, -0.2) is 4.79 Å². The summed E-state index contributed by atoms with van der Waals surface area (Å²) < 4.78 is 5.34. The number of carbonyl (C=O) groups is 2. The summed E-state index contributed by atoms with van der Waals surface area (Å²) in [6, 6.07) is 7.61. The third-order valence-electron chi connectivity index (χ3n) is 6.29. The van der Waals surface area contributed by atoms with Gasteiger partial charge in [0.1, 0.15) is 5.75 Å². The van der Waals surface area contributed by atoms with Crippen LogP contribution in [-0.2, 0) is 11.3 Å². The Morgan fingerprint density at radius 3 is 2.70 bits per heavy atom. The molecule has 0 radical (unpaired) electrons. The maximum absolute atomic E-state index is 12.8. The number of benzene rings is 1. The van der Waals surface area contributed by atoms with Gasteiger partial charge >= 0.3 is 6.03 Å². The fourth-order valence-electron chi connectivity index (χ4n) is 4.43. The van der Waals surface area contributed by atoms with Crippen LogP contribution in [0.15, 0.2) is 30.5 Å². The number of ether oxygens (including phenoxy) is 1. The Balaban J connectivity index is 1.36. The molecule has 1 aliphatic carbocycles. The number of pyridine rings is 1. The maximum atomic E-state index is 12.8. The highest BCUT2D eigenvalue weighted by atomic mass is 16.5. The minimum Gasteiger partial charge on any atom is -0.496 e. The average Bonchev–Trinajstić information content (AvgIpc) is 2.75. The van der Waals surface area contributed by atoms with Crippen LogP contribution in [0, 0.1) is 19.8 Å². The first kappa shape index (κ1) is 20.2. The lowest BCUT2D eigenvalue weighted by Gasteiger charge is -2.39. The molecule has 2 N–H and O–H groups in total. The predicted molar refractivity (Wildman–Crippen MR) is 116 cm³/mol. The van der Waals surface area contributed by atoms with E-state index in [0.29, 0.717) is 6.54 Å². The van der Waals surface area contributed by atoms with Gasteiger partial charge in [0.2, 0.25) is 5.91 Å². The van der Waals surface area contributed by atoms with Crippen molar-refractivity contribution in [3.63, 3.8) is 0 Å². The minimum atomic E-state index is -0.0623. The number of aromatic nitrogens is 1. The standard InChI is InChI=1S/C23H28N4O3/c1-14-4-7-17(12-21(14)30-3)25-22(28)16-5-8-18(9-6-16)27-13-19-15(2)24-11-10-20(19)26-23(27)29/h4,7,10-12,16,18H,5-6,8-9,13H2,1-3H3,(H,25,28)(H,26,29). The van der Waals surface area contributed by atoms with E-state index in [1.807, 2.05) is 43.0 Å². The lowest BCUT2D eigenvalue weighted by Crippen LogP contribution is -2.47. The van der Waals surface area contributed by atoms with Gasteiger partial charge in [0.15, 0.2) is 0 Å². The number of anilines is 2. The van der Waals surface area contributed by atoms with Gasteiger partial charge in [0.25, 0.3) is 0 Å². The molecule has 158 valence electrons. The first-order valence-electron chi connectivity index (χ1n) is 10.4. The van der Waals surface area contributed by atoms with Crippen LogP contribution in [0.1, 0.15) is 42.5 Å². The third-order valence-corrected chi connectivity index (χ3v) is 6.29. The Labute approximate surface area is 176 Å². The van der Waals surface area contributed by atoms with E-state index in [9.17, 15) is 9.59 Å². The highest BCUT2D eigenvalue weighted by molar-refractivity contribution is 5.93. The van der Waals surface area contributed by atoms with Crippen molar-refractivity contribution < 1.29 is 14.3 Å². The molecular formula is C23H28N4O3. The Morgan fingerprint density at radius 1 is 1.20 bits per heavy atom. The summed E-state index contributed by atoms with van der Waals surface area (Å²) in [4.78, 5) is 31.6. The first-order chi connectivity index (χ1) is 14.5. The van der Waals surface area contributed by atoms with E-state index in [0.717, 1.165) is 59.6 Å². The fraction of sp³-hybridized carbons (Fsp3) is 0.435. The smallest absolute Gasteiger partial charge is 0.322 e. The van der Waals surface area contributed by atoms with Crippen LogP contribution in [0.25, 0.3) is 0 Å². The second-order valence-electron chi connectivity index (χ2n) is 8.16. The molecule has 1 aromatic heterocycles. The number of aryl methyl sites for hydroxylation is 2. The molecule has 3 amide bonds. The number of fused-ring (bicyclic) bond motifs is 1. The average molecular weight is 409 g/mol. The molecule has 1 fully saturated rings. The number of rotatable bonds is 4. The molecule has 0 unspecified atom stereocenters. The van der Waals surface area contributed by atoms with Crippen molar-refractivity contribution in [1.82, 2.24) is 9.88 Å². The Morgan fingerprint density at radius 2 is 1.97 bits per heavy atom. The molecule has 1 saturated carbocycles. The molecule has 2 aliphatic rings. The molecule has 0 bridgehead atoms. The number of hydrogen-bond acceptors (Lipinski definition) is 4. The molecule has 7 heteroatoms. The summed E-state index contributed by atoms with van der Waals surface area (Å²) in [6.07, 6.45) is 4.89. The van der Waals surface area contributed by atoms with Crippen LogP contribution in [0.2, 0.25) is 0 Å². The van der Waals surface area contributed by atoms with Crippen LogP contribution < -0.4 is 15.4 Å². The van der Waals surface area contributed by atoms with Gasteiger partial charge in [-0.1, -0.05) is 6.07 Å². The van der Waals surface area contributed by atoms with Crippen LogP contribution in [0.5, 0.6) is 5.75 Å². The van der Waals surface area contributed by atoms with Gasteiger partial charge in [0, 0.05) is 41.2 Å². The normalized spacial score (nSPS) is 20.9. The van der Waals surface area contributed by atoms with Crippen molar-refractivity contribution in [1.29, 1.82) is 0 Å². The molecule has 0 atom stereocenters. The third kappa shape index (κ3) is 3.97. The molecule has 2 heterocycles. The molecule has 30 heavy (non-hydrogen) atoms. The van der Waals surface area contributed by atoms with E-state index in [-0.39, 0.29) is 23.9 Å². The predicted octanol–water partition coefficient (Wildman–Crippen LogP) is 4.25. The molecular weight excluding hydrogens is 380 g/mol. The van der Waals surface area contributed by atoms with Gasteiger partial charge in [0.05, 0.1) is 19.3 Å². The van der Waals surface area contributed by atoms with Gasteiger partial charge < -0.3 is 20.3 Å². The molecule has 4 rings (SSSR count). The van der Waals surface area contributed by atoms with E-state index in [4.69, 9.17) is 4.74 Å². The Hall–Kier alpha value is -3.09. The van der Waals surface area contributed by atoms with Crippen molar-refractivity contribution in [2.75, 3.05) is 17.7 Å². The number of amides is 3. The van der Waals surface area contributed by atoms with Gasteiger partial charge in [-0.15, -0.1) is 0 Å². The van der Waals surface area contributed by atoms with Gasteiger partial charge in [-0.3, -0.25) is 9.78 Å². The van der Waals surface area contributed by atoms with Crippen LogP contribution in [0.3, 0.4) is 0 Å². The van der Waals surface area contributed by atoms with Crippen molar-refractivity contribution in [3.05, 3.63) is 47.3 Å². The molecule has 2 aromatic rings. The topological polar surface area (TPSA) is 83.6 Å². The minimum absolute atomic E-state index is 0.0350. The van der Waals surface area contributed by atoms with Gasteiger partial charge in [-0.05, 0) is 57.2 Å². The van der Waals surface area contributed by atoms with E-state index in [1.54, 1.807) is 13.3 Å². The number of methoxy groups -OCH3 is 1. The molecule has 7 nitrogen and oxygen atoms in total. The first-order valence-corrected chi connectivity index (χ1v) is 10.4. The highest BCUT2D eigenvalue weighted by Crippen LogP contribution is 2.33. The Bertz CT molecular complexity index is 967. The zero-order chi connectivity index (χ0) is 21.3. The van der Waals surface area contributed by atoms with Crippen molar-refractivity contribution >= 4 is 23.3 Å². The number of urea groups is 1. The summed E-state index contributed by atoms with van der Waals surface area (Å²) in [5.41, 5.74) is 4.65. The zero-order valence-electron chi connectivity index (χ0n) is 17.7. The summed E-state index contributed by atoms with van der Waals surface area (Å²) in [7, 11) is 1.63. The summed E-state index contributed by atoms with van der Waals surface area (Å²) in [5, 5.41) is 6.00. The number of nitrogens with zero attached hydrogens (tertiary/aromatic N) is 2. The van der Waals surface area contributed by atoms with Gasteiger partial charge in [-0.2, -0.15) is 0 Å². The summed E-state index contributed by atoms with van der Waals surface area (Å²) in [6.45, 7) is 4.51. The van der Waals surface area contributed by atoms with E-state index in [2.05, 4.69) is 15.6 Å². The molecule has 0 spiro atoms. The molecule has 0 saturated heterocycles. The van der Waals surface area contributed by atoms with Crippen molar-refractivity contribution in [2.45, 2.75) is 52.1 Å². The van der Waals surface area contributed by atoms with E-state index < -0.39 is 0 Å². The second kappa shape index (κ2) is 8.34. The summed E-state index contributed by atoms with van der Waals surface area (Å²) in [5.74, 6) is 0.752. The molecule has 1 aliphatic heterocycles. The highest BCUT2D eigenvalue weighted by Gasteiger charge is 2.34. The quantitative estimate of drug-likeness (QED) is 0.792. The number of hydrogen-bond donors (Lipinski definition) is 2. The SMILES string of the molecule is COc1cc(NC(=O)C2CCC(N3Cc4c(ccnc4C)NC3=O)CC2)ccc1C. The maximum Gasteiger partial charge on any atom is 0.322 e. The van der Waals surface area contributed by atoms with E-state index in [1.165, 1.54) is 0 Å². The second-order valence-corrected chi connectivity index (χ2v) is 8.16. The summed E-state index contributed by atoms with van der Waals surface area (Å²) >= 11 is 0. The lowest BCUT2D eigenvalue weighted by atomic mass is 9.84. The van der Waals surface area contributed by atoms with Crippen LogP contribution >= 0.6 is 0 Å². The number of nitrogens with one attached hydrogen (secondary N) is 2. The van der Waals surface area contributed by atoms with Crippen LogP contribution in [-0.4, -0.2) is 35.0 Å². The van der Waals surface area contributed by atoms with Crippen molar-refractivity contribution in [3.8, 4) is 5.75 Å². The number of carbonyl (C=O) groups excluding carboxylic acids is 2. The largest absolute Gasteiger partial charge is 0.496 e. The van der Waals surface area contributed by atoms with Crippen LogP contribution in [0.4, 0.5) is 16.2 Å². The lowest BCUT2D eigenvalue weighted by molar-refractivity contribution is -0.121. The Kier molecular flexibility index (Phi) is 5.61. The molecule has 1 aromatic carbocycles.